The van der Waals surface area contributed by atoms with Crippen molar-refractivity contribution in [2.75, 3.05) is 6.54 Å². The molecule has 0 bridgehead atoms. The van der Waals surface area contributed by atoms with E-state index in [9.17, 15) is 9.59 Å². The normalized spacial score (nSPS) is 14.9. The fraction of sp³-hybridized carbons (Fsp3) is 0.613. The summed E-state index contributed by atoms with van der Waals surface area (Å²) in [6, 6.07) is 12.9. The van der Waals surface area contributed by atoms with Gasteiger partial charge in [-0.1, -0.05) is 80.4 Å². The smallest absolute Gasteiger partial charge is 0.242 e. The summed E-state index contributed by atoms with van der Waals surface area (Å²) in [6.07, 6.45) is 13.5. The molecular weight excluding hydrogens is 526 g/mol. The molecule has 1 heterocycles. The van der Waals surface area contributed by atoms with Gasteiger partial charge in [0.2, 0.25) is 11.8 Å². The Morgan fingerprint density at radius 2 is 1.73 bits per heavy atom. The van der Waals surface area contributed by atoms with Crippen LogP contribution in [0.1, 0.15) is 103 Å². The number of carbonyl (C=O) groups is 2. The van der Waals surface area contributed by atoms with Gasteiger partial charge in [-0.15, -0.1) is 0 Å². The highest BCUT2D eigenvalue weighted by Gasteiger charge is 2.30. The Morgan fingerprint density at radius 3 is 2.41 bits per heavy atom. The van der Waals surface area contributed by atoms with Crippen molar-refractivity contribution in [1.29, 1.82) is 0 Å². The summed E-state index contributed by atoms with van der Waals surface area (Å²) in [6.45, 7) is 7.90. The van der Waals surface area contributed by atoms with Gasteiger partial charge in [-0.2, -0.15) is 0 Å². The number of carbonyl (C=O) groups excluding carboxylic acids is 2. The van der Waals surface area contributed by atoms with Gasteiger partial charge in [0.25, 0.3) is 0 Å². The van der Waals surface area contributed by atoms with Gasteiger partial charge in [0.05, 0.1) is 6.54 Å². The van der Waals surface area contributed by atoms with E-state index in [-0.39, 0.29) is 30.4 Å². The molecule has 1 aromatic carbocycles. The number of rotatable bonds is 14. The molecule has 3 rings (SSSR count). The van der Waals surface area contributed by atoms with Crippen LogP contribution in [0, 0.1) is 0 Å². The second-order valence-corrected chi connectivity index (χ2v) is 11.6. The van der Waals surface area contributed by atoms with Gasteiger partial charge in [-0.25, -0.2) is 0 Å². The molecule has 0 aliphatic heterocycles. The van der Waals surface area contributed by atoms with E-state index in [0.717, 1.165) is 61.7 Å². The largest absolute Gasteiger partial charge is 0.345 e. The monoisotopic (exact) mass is 571 g/mol. The Morgan fingerprint density at radius 1 is 1.00 bits per heavy atom. The number of aromatic nitrogens is 1. The Labute approximate surface area is 232 Å². The fourth-order valence-corrected chi connectivity index (χ4v) is 5.58. The van der Waals surface area contributed by atoms with Crippen LogP contribution in [0.15, 0.2) is 47.1 Å². The lowest BCUT2D eigenvalue weighted by molar-refractivity contribution is -0.144. The summed E-state index contributed by atoms with van der Waals surface area (Å²) in [5.74, 6) is 0.214. The second-order valence-electron chi connectivity index (χ2n) is 10.7. The van der Waals surface area contributed by atoms with Crippen LogP contribution in [-0.2, 0) is 22.7 Å². The predicted octanol–water partition coefficient (Wildman–Crippen LogP) is 7.56. The van der Waals surface area contributed by atoms with E-state index in [0.29, 0.717) is 13.0 Å². The lowest BCUT2D eigenvalue weighted by Crippen LogP contribution is -2.49. The molecule has 6 heteroatoms. The summed E-state index contributed by atoms with van der Waals surface area (Å²) in [4.78, 5) is 31.0. The highest BCUT2D eigenvalue weighted by atomic mass is 79.9. The molecular formula is C31H46BrN3O2. The van der Waals surface area contributed by atoms with E-state index >= 15 is 0 Å². The zero-order valence-corrected chi connectivity index (χ0v) is 24.7. The minimum absolute atomic E-state index is 0.0668. The number of amides is 2. The third kappa shape index (κ3) is 9.01. The van der Waals surface area contributed by atoms with Crippen molar-refractivity contribution < 1.29 is 9.59 Å². The van der Waals surface area contributed by atoms with Gasteiger partial charge in [0.15, 0.2) is 0 Å². The number of hydrogen-bond donors (Lipinski definition) is 0. The first kappa shape index (κ1) is 29.5. The van der Waals surface area contributed by atoms with Gasteiger partial charge in [0, 0.05) is 41.4 Å². The molecule has 1 atom stereocenters. The summed E-state index contributed by atoms with van der Waals surface area (Å²) in [7, 11) is 0. The average Bonchev–Trinajstić information content (AvgIpc) is 3.35. The standard InChI is InChI=1S/C31H46BrN3O2/c1-4-6-7-11-16-30(36)34(25(3)5-2)24-31(37)35(28-13-9-8-10-14-28)23-29-15-12-21-33(29)22-26-17-19-27(32)20-18-26/h12,15,17-21,25,28H,4-11,13-14,16,22-24H2,1-3H3. The number of unbranched alkanes of at least 4 members (excludes halogenated alkanes) is 3. The van der Waals surface area contributed by atoms with Gasteiger partial charge in [-0.05, 0) is 62.4 Å². The van der Waals surface area contributed by atoms with E-state index in [1.54, 1.807) is 0 Å². The van der Waals surface area contributed by atoms with Crippen LogP contribution >= 0.6 is 15.9 Å². The maximum Gasteiger partial charge on any atom is 0.242 e. The van der Waals surface area contributed by atoms with Crippen molar-refractivity contribution in [3.63, 3.8) is 0 Å². The van der Waals surface area contributed by atoms with Crippen LogP contribution in [0.5, 0.6) is 0 Å². The van der Waals surface area contributed by atoms with Gasteiger partial charge >= 0.3 is 0 Å². The maximum absolute atomic E-state index is 13.9. The second kappa shape index (κ2) is 15.4. The molecule has 0 saturated heterocycles. The zero-order valence-electron chi connectivity index (χ0n) is 23.1. The Bertz CT molecular complexity index is 965. The van der Waals surface area contributed by atoms with E-state index in [4.69, 9.17) is 0 Å². The molecule has 1 unspecified atom stereocenters. The molecule has 1 aliphatic rings. The predicted molar refractivity (Wildman–Crippen MR) is 155 cm³/mol. The number of benzene rings is 1. The third-order valence-electron chi connectivity index (χ3n) is 7.85. The Balaban J connectivity index is 1.75. The van der Waals surface area contributed by atoms with Gasteiger partial charge in [-0.3, -0.25) is 9.59 Å². The zero-order chi connectivity index (χ0) is 26.6. The molecule has 1 aliphatic carbocycles. The van der Waals surface area contributed by atoms with Crippen LogP contribution in [0.3, 0.4) is 0 Å². The Hall–Kier alpha value is -2.08. The molecule has 37 heavy (non-hydrogen) atoms. The van der Waals surface area contributed by atoms with Crippen molar-refractivity contribution in [2.24, 2.45) is 0 Å². The van der Waals surface area contributed by atoms with Gasteiger partial charge in [0.1, 0.15) is 6.54 Å². The topological polar surface area (TPSA) is 45.6 Å². The number of halogens is 1. The first-order valence-electron chi connectivity index (χ1n) is 14.4. The van der Waals surface area contributed by atoms with Crippen LogP contribution in [0.4, 0.5) is 0 Å². The van der Waals surface area contributed by atoms with Crippen LogP contribution in [-0.4, -0.2) is 44.8 Å². The van der Waals surface area contributed by atoms with Gasteiger partial charge < -0.3 is 14.4 Å². The quantitative estimate of drug-likeness (QED) is 0.219. The maximum atomic E-state index is 13.9. The molecule has 0 N–H and O–H groups in total. The Kier molecular flexibility index (Phi) is 12.2. The van der Waals surface area contributed by atoms with Crippen LogP contribution < -0.4 is 0 Å². The van der Waals surface area contributed by atoms with Crippen molar-refractivity contribution in [3.05, 3.63) is 58.3 Å². The number of nitrogens with zero attached hydrogens (tertiary/aromatic N) is 3. The molecule has 204 valence electrons. The molecule has 2 amide bonds. The highest BCUT2D eigenvalue weighted by molar-refractivity contribution is 9.10. The lowest BCUT2D eigenvalue weighted by atomic mass is 9.94. The van der Waals surface area contributed by atoms with E-state index in [2.05, 4.69) is 88.8 Å². The van der Waals surface area contributed by atoms with E-state index < -0.39 is 0 Å². The fourth-order valence-electron chi connectivity index (χ4n) is 5.32. The molecule has 0 spiro atoms. The van der Waals surface area contributed by atoms with E-state index in [1.165, 1.54) is 24.8 Å². The lowest BCUT2D eigenvalue weighted by Gasteiger charge is -2.37. The summed E-state index contributed by atoms with van der Waals surface area (Å²) in [5, 5.41) is 0. The van der Waals surface area contributed by atoms with Crippen LogP contribution in [0.25, 0.3) is 0 Å². The van der Waals surface area contributed by atoms with Crippen molar-refractivity contribution in [1.82, 2.24) is 14.4 Å². The van der Waals surface area contributed by atoms with Crippen molar-refractivity contribution >= 4 is 27.7 Å². The highest BCUT2D eigenvalue weighted by Crippen LogP contribution is 2.25. The van der Waals surface area contributed by atoms with Crippen molar-refractivity contribution in [2.45, 2.75) is 117 Å². The first-order chi connectivity index (χ1) is 17.9. The van der Waals surface area contributed by atoms with E-state index in [1.807, 2.05) is 4.90 Å². The third-order valence-corrected chi connectivity index (χ3v) is 8.38. The SMILES string of the molecule is CCCCCCC(=O)N(CC(=O)N(Cc1cccn1Cc1ccc(Br)cc1)C1CCCCC1)C(C)CC. The molecule has 2 aromatic rings. The molecule has 0 radical (unpaired) electrons. The van der Waals surface area contributed by atoms with Crippen LogP contribution in [0.2, 0.25) is 0 Å². The molecule has 1 saturated carbocycles. The molecule has 5 nitrogen and oxygen atoms in total. The minimum atomic E-state index is 0.0668. The summed E-state index contributed by atoms with van der Waals surface area (Å²) in [5.41, 5.74) is 2.37. The first-order valence-corrected chi connectivity index (χ1v) is 15.2. The summed E-state index contributed by atoms with van der Waals surface area (Å²) >= 11 is 3.52. The summed E-state index contributed by atoms with van der Waals surface area (Å²) < 4.78 is 3.32. The molecule has 1 fully saturated rings. The minimum Gasteiger partial charge on any atom is -0.345 e. The molecule has 1 aromatic heterocycles. The number of hydrogen-bond acceptors (Lipinski definition) is 2. The average molecular weight is 573 g/mol. The van der Waals surface area contributed by atoms with Crippen molar-refractivity contribution in [3.8, 4) is 0 Å².